The molecule has 3 nitrogen and oxygen atoms in total. The molecule has 0 saturated carbocycles. The summed E-state index contributed by atoms with van der Waals surface area (Å²) >= 11 is 5.81. The summed E-state index contributed by atoms with van der Waals surface area (Å²) in [7, 11) is 0. The van der Waals surface area contributed by atoms with Crippen LogP contribution < -0.4 is 0 Å². The predicted octanol–water partition coefficient (Wildman–Crippen LogP) is 4.03. The van der Waals surface area contributed by atoms with E-state index < -0.39 is 0 Å². The molecule has 0 amide bonds. The lowest BCUT2D eigenvalue weighted by Gasteiger charge is -2.03. The van der Waals surface area contributed by atoms with Gasteiger partial charge in [-0.05, 0) is 30.5 Å². The van der Waals surface area contributed by atoms with E-state index >= 15 is 0 Å². The molecular weight excluding hydrogens is 250 g/mol. The summed E-state index contributed by atoms with van der Waals surface area (Å²) in [5.41, 5.74) is 2.07. The highest BCUT2D eigenvalue weighted by Gasteiger charge is 2.11. The lowest BCUT2D eigenvalue weighted by atomic mass is 10.0. The van der Waals surface area contributed by atoms with Gasteiger partial charge in [0.15, 0.2) is 0 Å². The molecule has 0 aliphatic carbocycles. The number of aryl methyl sites for hydroxylation is 2. The molecule has 0 radical (unpaired) electrons. The maximum absolute atomic E-state index is 10.9. The smallest absolute Gasteiger partial charge is 0.258 e. The molecule has 2 aromatic carbocycles. The Morgan fingerprint density at radius 2 is 1.67 bits per heavy atom. The van der Waals surface area contributed by atoms with Gasteiger partial charge >= 0.3 is 0 Å². The van der Waals surface area contributed by atoms with Crippen LogP contribution in [-0.4, -0.2) is 4.92 Å². The molecule has 2 rings (SSSR count). The topological polar surface area (TPSA) is 43.1 Å². The molecule has 0 atom stereocenters. The standard InChI is InChI=1S/C14H12ClNO2/c15-13-9-6-11(7-10-13)5-8-12-3-1-2-4-14(12)16(17)18/h1-4,6-7,9-10H,5,8H2. The van der Waals surface area contributed by atoms with Gasteiger partial charge in [0, 0.05) is 16.7 Å². The Balaban J connectivity index is 2.10. The van der Waals surface area contributed by atoms with E-state index in [0.717, 1.165) is 17.5 Å². The molecule has 18 heavy (non-hydrogen) atoms. The van der Waals surface area contributed by atoms with Gasteiger partial charge in [0.2, 0.25) is 0 Å². The number of hydrogen-bond donors (Lipinski definition) is 0. The second kappa shape index (κ2) is 5.65. The summed E-state index contributed by atoms with van der Waals surface area (Å²) in [4.78, 5) is 10.5. The first-order valence-corrected chi connectivity index (χ1v) is 6.01. The highest BCUT2D eigenvalue weighted by Crippen LogP contribution is 2.20. The number of nitro groups is 1. The van der Waals surface area contributed by atoms with Crippen LogP contribution in [0.1, 0.15) is 11.1 Å². The van der Waals surface area contributed by atoms with Gasteiger partial charge in [0.25, 0.3) is 5.69 Å². The maximum atomic E-state index is 10.9. The van der Waals surface area contributed by atoms with Crippen LogP contribution in [-0.2, 0) is 12.8 Å². The summed E-state index contributed by atoms with van der Waals surface area (Å²) in [5, 5.41) is 11.6. The van der Waals surface area contributed by atoms with Crippen molar-refractivity contribution < 1.29 is 4.92 Å². The van der Waals surface area contributed by atoms with Crippen molar-refractivity contribution in [1.82, 2.24) is 0 Å². The molecule has 0 saturated heterocycles. The monoisotopic (exact) mass is 261 g/mol. The van der Waals surface area contributed by atoms with Crippen molar-refractivity contribution in [3.63, 3.8) is 0 Å². The number of nitrogens with zero attached hydrogens (tertiary/aromatic N) is 1. The van der Waals surface area contributed by atoms with E-state index in [9.17, 15) is 10.1 Å². The zero-order valence-corrected chi connectivity index (χ0v) is 10.4. The minimum absolute atomic E-state index is 0.187. The zero-order chi connectivity index (χ0) is 13.0. The lowest BCUT2D eigenvalue weighted by Crippen LogP contribution is -1.97. The van der Waals surface area contributed by atoms with Crippen LogP contribution in [0.15, 0.2) is 48.5 Å². The van der Waals surface area contributed by atoms with Gasteiger partial charge in [-0.1, -0.05) is 41.9 Å². The van der Waals surface area contributed by atoms with Crippen LogP contribution >= 0.6 is 11.6 Å². The summed E-state index contributed by atoms with van der Waals surface area (Å²) in [6.45, 7) is 0. The van der Waals surface area contributed by atoms with Gasteiger partial charge in [-0.25, -0.2) is 0 Å². The lowest BCUT2D eigenvalue weighted by molar-refractivity contribution is -0.385. The van der Waals surface area contributed by atoms with E-state index in [1.807, 2.05) is 30.3 Å². The van der Waals surface area contributed by atoms with Crippen LogP contribution in [0.25, 0.3) is 0 Å². The number of hydrogen-bond acceptors (Lipinski definition) is 2. The van der Waals surface area contributed by atoms with E-state index in [2.05, 4.69) is 0 Å². The molecule has 2 aromatic rings. The minimum atomic E-state index is -0.336. The van der Waals surface area contributed by atoms with Crippen molar-refractivity contribution in [2.75, 3.05) is 0 Å². The van der Waals surface area contributed by atoms with Crippen molar-refractivity contribution in [3.05, 3.63) is 74.8 Å². The minimum Gasteiger partial charge on any atom is -0.258 e. The molecule has 0 fully saturated rings. The summed E-state index contributed by atoms with van der Waals surface area (Å²) in [5.74, 6) is 0. The van der Waals surface area contributed by atoms with Crippen LogP contribution in [0.4, 0.5) is 5.69 Å². The van der Waals surface area contributed by atoms with Crippen molar-refractivity contribution >= 4 is 17.3 Å². The molecule has 0 N–H and O–H groups in total. The highest BCUT2D eigenvalue weighted by atomic mass is 35.5. The highest BCUT2D eigenvalue weighted by molar-refractivity contribution is 6.30. The van der Waals surface area contributed by atoms with Crippen molar-refractivity contribution in [2.24, 2.45) is 0 Å². The van der Waals surface area contributed by atoms with E-state index in [1.54, 1.807) is 12.1 Å². The molecule has 4 heteroatoms. The normalized spacial score (nSPS) is 10.3. The Bertz CT molecular complexity index is 552. The number of nitro benzene ring substituents is 1. The Hall–Kier alpha value is -1.87. The predicted molar refractivity (Wildman–Crippen MR) is 72.0 cm³/mol. The Labute approximate surface area is 110 Å². The summed E-state index contributed by atoms with van der Waals surface area (Å²) in [6, 6.07) is 14.4. The maximum Gasteiger partial charge on any atom is 0.272 e. The quantitative estimate of drug-likeness (QED) is 0.616. The fraction of sp³-hybridized carbons (Fsp3) is 0.143. The van der Waals surface area contributed by atoms with Gasteiger partial charge in [0.05, 0.1) is 4.92 Å². The molecule has 0 heterocycles. The van der Waals surface area contributed by atoms with Crippen molar-refractivity contribution in [2.45, 2.75) is 12.8 Å². The van der Waals surface area contributed by atoms with Gasteiger partial charge in [-0.3, -0.25) is 10.1 Å². The Morgan fingerprint density at radius 3 is 2.33 bits per heavy atom. The fourth-order valence-electron chi connectivity index (χ4n) is 1.83. The van der Waals surface area contributed by atoms with Gasteiger partial charge in [0.1, 0.15) is 0 Å². The third-order valence-corrected chi connectivity index (χ3v) is 3.04. The Kier molecular flexibility index (Phi) is 3.95. The van der Waals surface area contributed by atoms with Crippen molar-refractivity contribution in [3.8, 4) is 0 Å². The van der Waals surface area contributed by atoms with E-state index in [4.69, 9.17) is 11.6 Å². The fourth-order valence-corrected chi connectivity index (χ4v) is 1.96. The average molecular weight is 262 g/mol. The number of rotatable bonds is 4. The van der Waals surface area contributed by atoms with E-state index in [-0.39, 0.29) is 10.6 Å². The third-order valence-electron chi connectivity index (χ3n) is 2.78. The molecule has 0 spiro atoms. The van der Waals surface area contributed by atoms with Crippen LogP contribution in [0.2, 0.25) is 5.02 Å². The summed E-state index contributed by atoms with van der Waals surface area (Å²) in [6.07, 6.45) is 1.42. The first kappa shape index (κ1) is 12.6. The first-order chi connectivity index (χ1) is 8.66. The van der Waals surface area contributed by atoms with E-state index in [0.29, 0.717) is 11.4 Å². The van der Waals surface area contributed by atoms with Crippen LogP contribution in [0, 0.1) is 10.1 Å². The first-order valence-electron chi connectivity index (χ1n) is 5.63. The van der Waals surface area contributed by atoms with Crippen molar-refractivity contribution in [1.29, 1.82) is 0 Å². The zero-order valence-electron chi connectivity index (χ0n) is 9.67. The number of benzene rings is 2. The van der Waals surface area contributed by atoms with Gasteiger partial charge in [-0.2, -0.15) is 0 Å². The Morgan fingerprint density at radius 1 is 1.00 bits per heavy atom. The SMILES string of the molecule is O=[N+]([O-])c1ccccc1CCc1ccc(Cl)cc1. The molecule has 0 aromatic heterocycles. The van der Waals surface area contributed by atoms with Gasteiger partial charge in [-0.15, -0.1) is 0 Å². The summed E-state index contributed by atoms with van der Waals surface area (Å²) < 4.78 is 0. The molecular formula is C14H12ClNO2. The van der Waals surface area contributed by atoms with Gasteiger partial charge < -0.3 is 0 Å². The molecule has 0 aliphatic rings. The third kappa shape index (κ3) is 3.08. The largest absolute Gasteiger partial charge is 0.272 e. The molecule has 0 bridgehead atoms. The molecule has 0 aliphatic heterocycles. The molecule has 0 unspecified atom stereocenters. The number of halogens is 1. The van der Waals surface area contributed by atoms with E-state index in [1.165, 1.54) is 6.07 Å². The van der Waals surface area contributed by atoms with Crippen LogP contribution in [0.5, 0.6) is 0 Å². The van der Waals surface area contributed by atoms with Crippen LogP contribution in [0.3, 0.4) is 0 Å². The second-order valence-corrected chi connectivity index (χ2v) is 4.45. The average Bonchev–Trinajstić information content (AvgIpc) is 2.38. The second-order valence-electron chi connectivity index (χ2n) is 4.01. The molecule has 92 valence electrons. The number of para-hydroxylation sites is 1.